The average molecular weight is 265 g/mol. The highest BCUT2D eigenvalue weighted by molar-refractivity contribution is 8.00. The molecule has 1 aromatic carbocycles. The second-order valence-corrected chi connectivity index (χ2v) is 4.20. The zero-order valence-electron chi connectivity index (χ0n) is 9.12. The maximum absolute atomic E-state index is 12.1. The van der Waals surface area contributed by atoms with Crippen LogP contribution in [-0.2, 0) is 4.84 Å². The fourth-order valence-corrected chi connectivity index (χ4v) is 1.69. The van der Waals surface area contributed by atoms with E-state index in [0.717, 1.165) is 5.06 Å². The zero-order valence-corrected chi connectivity index (χ0v) is 9.93. The minimum atomic E-state index is -4.37. The van der Waals surface area contributed by atoms with Gasteiger partial charge >= 0.3 is 5.51 Å². The Kier molecular flexibility index (Phi) is 4.41. The number of hydroxylamine groups is 2. The highest BCUT2D eigenvalue weighted by Gasteiger charge is 2.29. The van der Waals surface area contributed by atoms with Gasteiger partial charge in [-0.25, -0.2) is 5.06 Å². The van der Waals surface area contributed by atoms with Gasteiger partial charge in [-0.1, -0.05) is 6.07 Å². The van der Waals surface area contributed by atoms with E-state index in [9.17, 15) is 18.0 Å². The number of hydrogen-bond donors (Lipinski definition) is 0. The summed E-state index contributed by atoms with van der Waals surface area (Å²) in [5.74, 6) is -0.503. The number of rotatable bonds is 3. The van der Waals surface area contributed by atoms with Gasteiger partial charge in [-0.3, -0.25) is 9.63 Å². The van der Waals surface area contributed by atoms with Crippen LogP contribution in [0, 0.1) is 0 Å². The van der Waals surface area contributed by atoms with Crippen LogP contribution in [0.4, 0.5) is 13.2 Å². The summed E-state index contributed by atoms with van der Waals surface area (Å²) < 4.78 is 36.4. The summed E-state index contributed by atoms with van der Waals surface area (Å²) in [4.78, 5) is 16.2. The lowest BCUT2D eigenvalue weighted by atomic mass is 10.2. The van der Waals surface area contributed by atoms with Crippen LogP contribution in [0.1, 0.15) is 10.4 Å². The van der Waals surface area contributed by atoms with E-state index in [1.165, 1.54) is 38.4 Å². The zero-order chi connectivity index (χ0) is 13.1. The predicted molar refractivity (Wildman–Crippen MR) is 57.5 cm³/mol. The van der Waals surface area contributed by atoms with Gasteiger partial charge < -0.3 is 0 Å². The van der Waals surface area contributed by atoms with Gasteiger partial charge in [0.05, 0.1) is 7.11 Å². The smallest absolute Gasteiger partial charge is 0.274 e. The number of nitrogens with zero attached hydrogens (tertiary/aromatic N) is 1. The van der Waals surface area contributed by atoms with E-state index in [2.05, 4.69) is 4.84 Å². The Bertz CT molecular complexity index is 409. The van der Waals surface area contributed by atoms with Crippen LogP contribution in [0.25, 0.3) is 0 Å². The van der Waals surface area contributed by atoms with Crippen molar-refractivity contribution in [2.24, 2.45) is 0 Å². The standard InChI is InChI=1S/C10H10F3NO2S/c1-14(16-2)9(15)7-4-3-5-8(6-7)17-10(11,12)13/h3-6H,1-2H3. The second kappa shape index (κ2) is 5.42. The summed E-state index contributed by atoms with van der Waals surface area (Å²) in [5, 5.41) is 0.942. The van der Waals surface area contributed by atoms with Crippen LogP contribution in [0.3, 0.4) is 0 Å². The number of halogens is 3. The van der Waals surface area contributed by atoms with Crippen molar-refractivity contribution in [2.75, 3.05) is 14.2 Å². The second-order valence-electron chi connectivity index (χ2n) is 3.06. The monoisotopic (exact) mass is 265 g/mol. The molecule has 0 aromatic heterocycles. The summed E-state index contributed by atoms with van der Waals surface area (Å²) in [5.41, 5.74) is -4.22. The molecule has 0 unspecified atom stereocenters. The molecule has 94 valence electrons. The average Bonchev–Trinajstić information content (AvgIpc) is 2.25. The van der Waals surface area contributed by atoms with Gasteiger partial charge in [-0.2, -0.15) is 13.2 Å². The highest BCUT2D eigenvalue weighted by Crippen LogP contribution is 2.36. The lowest BCUT2D eigenvalue weighted by Crippen LogP contribution is -2.25. The van der Waals surface area contributed by atoms with E-state index in [-0.39, 0.29) is 22.2 Å². The van der Waals surface area contributed by atoms with Crippen molar-refractivity contribution in [3.63, 3.8) is 0 Å². The maximum Gasteiger partial charge on any atom is 0.446 e. The van der Waals surface area contributed by atoms with Crippen molar-refractivity contribution in [2.45, 2.75) is 10.4 Å². The molecule has 0 aliphatic heterocycles. The van der Waals surface area contributed by atoms with Crippen LogP contribution in [0.2, 0.25) is 0 Å². The Labute approximate surface area is 100 Å². The van der Waals surface area contributed by atoms with E-state index in [1.807, 2.05) is 0 Å². The number of thioether (sulfide) groups is 1. The third-order valence-electron chi connectivity index (χ3n) is 1.87. The van der Waals surface area contributed by atoms with Crippen LogP contribution in [0.5, 0.6) is 0 Å². The van der Waals surface area contributed by atoms with Crippen LogP contribution in [-0.4, -0.2) is 30.6 Å². The van der Waals surface area contributed by atoms with E-state index < -0.39 is 11.4 Å². The lowest BCUT2D eigenvalue weighted by molar-refractivity contribution is -0.0757. The first-order valence-electron chi connectivity index (χ1n) is 4.51. The largest absolute Gasteiger partial charge is 0.446 e. The van der Waals surface area contributed by atoms with Gasteiger partial charge in [-0.15, -0.1) is 0 Å². The van der Waals surface area contributed by atoms with E-state index in [1.54, 1.807) is 0 Å². The predicted octanol–water partition coefficient (Wildman–Crippen LogP) is 2.93. The van der Waals surface area contributed by atoms with Crippen molar-refractivity contribution in [1.29, 1.82) is 0 Å². The first kappa shape index (κ1) is 13.9. The van der Waals surface area contributed by atoms with Gasteiger partial charge in [0.25, 0.3) is 5.91 Å². The van der Waals surface area contributed by atoms with Gasteiger partial charge in [-0.05, 0) is 30.0 Å². The number of hydrogen-bond acceptors (Lipinski definition) is 3. The normalized spacial score (nSPS) is 11.4. The summed E-state index contributed by atoms with van der Waals surface area (Å²) in [7, 11) is 2.68. The van der Waals surface area contributed by atoms with Crippen LogP contribution >= 0.6 is 11.8 Å². The lowest BCUT2D eigenvalue weighted by Gasteiger charge is -2.14. The van der Waals surface area contributed by atoms with E-state index >= 15 is 0 Å². The summed E-state index contributed by atoms with van der Waals surface area (Å²) in [6.07, 6.45) is 0. The van der Waals surface area contributed by atoms with Gasteiger partial charge in [0.15, 0.2) is 0 Å². The third-order valence-corrected chi connectivity index (χ3v) is 2.60. The molecule has 0 N–H and O–H groups in total. The molecule has 0 aliphatic carbocycles. The molecule has 0 bridgehead atoms. The minimum absolute atomic E-state index is 0.0344. The topological polar surface area (TPSA) is 29.5 Å². The van der Waals surface area contributed by atoms with Crippen molar-refractivity contribution in [1.82, 2.24) is 5.06 Å². The Morgan fingerprint density at radius 1 is 1.41 bits per heavy atom. The summed E-state index contributed by atoms with van der Waals surface area (Å²) in [6.45, 7) is 0. The molecular weight excluding hydrogens is 255 g/mol. The molecule has 0 atom stereocenters. The number of benzene rings is 1. The summed E-state index contributed by atoms with van der Waals surface area (Å²) >= 11 is -0.260. The molecule has 0 spiro atoms. The molecule has 1 rings (SSSR count). The number of carbonyl (C=O) groups excluding carboxylic acids is 1. The molecule has 0 saturated heterocycles. The van der Waals surface area contributed by atoms with Crippen molar-refractivity contribution >= 4 is 17.7 Å². The first-order valence-corrected chi connectivity index (χ1v) is 5.33. The van der Waals surface area contributed by atoms with Gasteiger partial charge in [0.2, 0.25) is 0 Å². The fourth-order valence-electron chi connectivity index (χ4n) is 1.09. The van der Waals surface area contributed by atoms with Gasteiger partial charge in [0.1, 0.15) is 0 Å². The number of carbonyl (C=O) groups is 1. The Morgan fingerprint density at radius 2 is 2.06 bits per heavy atom. The SMILES string of the molecule is CON(C)C(=O)c1cccc(SC(F)(F)F)c1. The van der Waals surface area contributed by atoms with Crippen molar-refractivity contribution < 1.29 is 22.8 Å². The van der Waals surface area contributed by atoms with Crippen LogP contribution < -0.4 is 0 Å². The molecule has 0 heterocycles. The molecule has 3 nitrogen and oxygen atoms in total. The third kappa shape index (κ3) is 4.27. The minimum Gasteiger partial charge on any atom is -0.274 e. The molecular formula is C10H10F3NO2S. The molecule has 0 radical (unpaired) electrons. The van der Waals surface area contributed by atoms with E-state index in [0.29, 0.717) is 0 Å². The molecule has 17 heavy (non-hydrogen) atoms. The molecule has 1 aromatic rings. The molecule has 0 aliphatic rings. The number of alkyl halides is 3. The van der Waals surface area contributed by atoms with E-state index in [4.69, 9.17) is 0 Å². The Balaban J connectivity index is 2.90. The molecule has 0 fully saturated rings. The van der Waals surface area contributed by atoms with Crippen molar-refractivity contribution in [3.05, 3.63) is 29.8 Å². The van der Waals surface area contributed by atoms with Crippen molar-refractivity contribution in [3.8, 4) is 0 Å². The van der Waals surface area contributed by atoms with Gasteiger partial charge in [0, 0.05) is 17.5 Å². The summed E-state index contributed by atoms with van der Waals surface area (Å²) in [6, 6.07) is 5.29. The quantitative estimate of drug-likeness (QED) is 0.621. The molecule has 0 saturated carbocycles. The highest BCUT2D eigenvalue weighted by atomic mass is 32.2. The van der Waals surface area contributed by atoms with Crippen LogP contribution in [0.15, 0.2) is 29.2 Å². The molecule has 1 amide bonds. The fraction of sp³-hybridized carbons (Fsp3) is 0.300. The Hall–Kier alpha value is -1.21. The first-order chi connectivity index (χ1) is 7.83. The molecule has 7 heteroatoms. The number of amides is 1. The maximum atomic E-state index is 12.1. The Morgan fingerprint density at radius 3 is 2.59 bits per heavy atom.